The first-order valence-corrected chi connectivity index (χ1v) is 8.32. The first-order chi connectivity index (χ1) is 12.0. The molecule has 0 unspecified atom stereocenters. The third-order valence-corrected chi connectivity index (χ3v) is 3.85. The summed E-state index contributed by atoms with van der Waals surface area (Å²) in [6, 6.07) is 10.4. The number of carbonyl (C=O) groups is 1. The van der Waals surface area contributed by atoms with Crippen LogP contribution in [0.25, 0.3) is 0 Å². The molecule has 0 fully saturated rings. The highest BCUT2D eigenvalue weighted by Gasteiger charge is 2.06. The monoisotopic (exact) mass is 426 g/mol. The van der Waals surface area contributed by atoms with Gasteiger partial charge in [-0.3, -0.25) is 4.79 Å². The van der Waals surface area contributed by atoms with Gasteiger partial charge in [-0.15, -0.1) is 0 Å². The second kappa shape index (κ2) is 9.29. The Bertz CT molecular complexity index is 783. The lowest BCUT2D eigenvalue weighted by atomic mass is 10.2. The normalized spacial score (nSPS) is 10.6. The van der Waals surface area contributed by atoms with Crippen LogP contribution in [0.5, 0.6) is 17.2 Å². The van der Waals surface area contributed by atoms with Gasteiger partial charge in [-0.1, -0.05) is 27.5 Å². The molecule has 8 heteroatoms. The summed E-state index contributed by atoms with van der Waals surface area (Å²) < 4.78 is 16.5. The van der Waals surface area contributed by atoms with Crippen molar-refractivity contribution in [1.29, 1.82) is 0 Å². The molecule has 0 saturated carbocycles. The van der Waals surface area contributed by atoms with Gasteiger partial charge in [0.25, 0.3) is 5.91 Å². The van der Waals surface area contributed by atoms with Crippen LogP contribution in [0.1, 0.15) is 5.56 Å². The molecule has 1 amide bonds. The molecule has 25 heavy (non-hydrogen) atoms. The Kier molecular flexibility index (Phi) is 7.09. The standard InChI is InChI=1S/C17H16BrClN2O4/c1-23-15-5-3-11(7-16(15)24-2)9-20-21-17(22)10-25-14-6-4-12(18)8-13(14)19/h3-9H,10H2,1-2H3,(H,21,22). The summed E-state index contributed by atoms with van der Waals surface area (Å²) in [6.07, 6.45) is 1.49. The van der Waals surface area contributed by atoms with Gasteiger partial charge in [-0.05, 0) is 42.0 Å². The number of nitrogens with zero attached hydrogens (tertiary/aromatic N) is 1. The van der Waals surface area contributed by atoms with Crippen LogP contribution in [0.15, 0.2) is 46.0 Å². The number of methoxy groups -OCH3 is 2. The van der Waals surface area contributed by atoms with Crippen molar-refractivity contribution in [2.75, 3.05) is 20.8 Å². The van der Waals surface area contributed by atoms with Crippen molar-refractivity contribution >= 4 is 39.7 Å². The van der Waals surface area contributed by atoms with Crippen molar-refractivity contribution in [3.05, 3.63) is 51.5 Å². The number of hydrogen-bond acceptors (Lipinski definition) is 5. The smallest absolute Gasteiger partial charge is 0.277 e. The maximum Gasteiger partial charge on any atom is 0.277 e. The van der Waals surface area contributed by atoms with Gasteiger partial charge in [0.15, 0.2) is 18.1 Å². The van der Waals surface area contributed by atoms with Gasteiger partial charge in [0.05, 0.1) is 25.5 Å². The molecule has 6 nitrogen and oxygen atoms in total. The summed E-state index contributed by atoms with van der Waals surface area (Å²) in [5.74, 6) is 1.20. The molecular formula is C17H16BrClN2O4. The second-order valence-electron chi connectivity index (χ2n) is 4.77. The summed E-state index contributed by atoms with van der Waals surface area (Å²) in [5, 5.41) is 4.29. The highest BCUT2D eigenvalue weighted by atomic mass is 79.9. The molecule has 0 heterocycles. The Morgan fingerprint density at radius 3 is 2.56 bits per heavy atom. The number of benzene rings is 2. The highest BCUT2D eigenvalue weighted by molar-refractivity contribution is 9.10. The predicted octanol–water partition coefficient (Wildman–Crippen LogP) is 3.65. The average Bonchev–Trinajstić information content (AvgIpc) is 2.60. The van der Waals surface area contributed by atoms with Crippen LogP contribution >= 0.6 is 27.5 Å². The lowest BCUT2D eigenvalue weighted by molar-refractivity contribution is -0.123. The minimum atomic E-state index is -0.407. The molecule has 2 aromatic rings. The number of nitrogens with one attached hydrogen (secondary N) is 1. The molecule has 0 radical (unpaired) electrons. The maximum atomic E-state index is 11.8. The van der Waals surface area contributed by atoms with E-state index in [0.29, 0.717) is 22.3 Å². The topological polar surface area (TPSA) is 69.2 Å². The van der Waals surface area contributed by atoms with E-state index in [1.165, 1.54) is 6.21 Å². The van der Waals surface area contributed by atoms with Crippen molar-refractivity contribution in [2.45, 2.75) is 0 Å². The molecular weight excluding hydrogens is 412 g/mol. The molecule has 0 atom stereocenters. The minimum Gasteiger partial charge on any atom is -0.493 e. The lowest BCUT2D eigenvalue weighted by Gasteiger charge is -2.08. The van der Waals surface area contributed by atoms with Crippen molar-refractivity contribution in [1.82, 2.24) is 5.43 Å². The molecule has 2 rings (SSSR count). The molecule has 0 bridgehead atoms. The van der Waals surface area contributed by atoms with E-state index < -0.39 is 5.91 Å². The van der Waals surface area contributed by atoms with E-state index in [1.807, 2.05) is 0 Å². The second-order valence-corrected chi connectivity index (χ2v) is 6.09. The lowest BCUT2D eigenvalue weighted by Crippen LogP contribution is -2.24. The van der Waals surface area contributed by atoms with Crippen molar-refractivity contribution in [3.63, 3.8) is 0 Å². The third-order valence-electron chi connectivity index (χ3n) is 3.06. The van der Waals surface area contributed by atoms with Crippen molar-refractivity contribution < 1.29 is 19.0 Å². The number of halogens is 2. The molecule has 0 aliphatic carbocycles. The zero-order valence-corrected chi connectivity index (χ0v) is 15.9. The fourth-order valence-corrected chi connectivity index (χ4v) is 2.61. The first-order valence-electron chi connectivity index (χ1n) is 7.15. The zero-order valence-electron chi connectivity index (χ0n) is 13.6. The van der Waals surface area contributed by atoms with Crippen LogP contribution in [0.3, 0.4) is 0 Å². The van der Waals surface area contributed by atoms with Gasteiger partial charge in [0, 0.05) is 4.47 Å². The van der Waals surface area contributed by atoms with Gasteiger partial charge in [0.1, 0.15) is 5.75 Å². The van der Waals surface area contributed by atoms with E-state index in [4.69, 9.17) is 25.8 Å². The molecule has 0 aliphatic rings. The quantitative estimate of drug-likeness (QED) is 0.541. The van der Waals surface area contributed by atoms with Gasteiger partial charge in [-0.2, -0.15) is 5.10 Å². The summed E-state index contributed by atoms with van der Waals surface area (Å²) >= 11 is 9.31. The van der Waals surface area contributed by atoms with Crippen molar-refractivity contribution in [2.24, 2.45) is 5.10 Å². The largest absolute Gasteiger partial charge is 0.493 e. The van der Waals surface area contributed by atoms with E-state index in [9.17, 15) is 4.79 Å². The SMILES string of the molecule is COc1ccc(C=NNC(=O)COc2ccc(Br)cc2Cl)cc1OC. The highest BCUT2D eigenvalue weighted by Crippen LogP contribution is 2.28. The fraction of sp³-hybridized carbons (Fsp3) is 0.176. The number of amides is 1. The number of rotatable bonds is 7. The first kappa shape index (κ1) is 19.1. The van der Waals surface area contributed by atoms with Gasteiger partial charge in [0.2, 0.25) is 0 Å². The molecule has 0 spiro atoms. The molecule has 2 aromatic carbocycles. The number of carbonyl (C=O) groups excluding carboxylic acids is 1. The summed E-state index contributed by atoms with van der Waals surface area (Å²) in [6.45, 7) is -0.204. The molecule has 0 aliphatic heterocycles. The number of hydrazone groups is 1. The summed E-state index contributed by atoms with van der Waals surface area (Å²) in [4.78, 5) is 11.8. The third kappa shape index (κ3) is 5.65. The van der Waals surface area contributed by atoms with Crippen molar-refractivity contribution in [3.8, 4) is 17.2 Å². The minimum absolute atomic E-state index is 0.204. The Morgan fingerprint density at radius 2 is 1.88 bits per heavy atom. The summed E-state index contributed by atoms with van der Waals surface area (Å²) in [7, 11) is 3.11. The number of ether oxygens (including phenoxy) is 3. The van der Waals surface area contributed by atoms with Crippen LogP contribution in [0.4, 0.5) is 0 Å². The Balaban J connectivity index is 1.88. The molecule has 1 N–H and O–H groups in total. The zero-order chi connectivity index (χ0) is 18.2. The van der Waals surface area contributed by atoms with E-state index >= 15 is 0 Å². The molecule has 132 valence electrons. The Morgan fingerprint density at radius 1 is 1.16 bits per heavy atom. The van der Waals surface area contributed by atoms with Gasteiger partial charge < -0.3 is 14.2 Å². The number of hydrogen-bond donors (Lipinski definition) is 1. The van der Waals surface area contributed by atoms with Crippen LogP contribution in [-0.2, 0) is 4.79 Å². The Labute approximate surface area is 158 Å². The fourth-order valence-electron chi connectivity index (χ4n) is 1.88. The van der Waals surface area contributed by atoms with E-state index in [-0.39, 0.29) is 6.61 Å². The molecule has 0 saturated heterocycles. The summed E-state index contributed by atoms with van der Waals surface area (Å²) in [5.41, 5.74) is 3.12. The van der Waals surface area contributed by atoms with Gasteiger partial charge >= 0.3 is 0 Å². The van der Waals surface area contributed by atoms with Gasteiger partial charge in [-0.25, -0.2) is 5.43 Å². The maximum absolute atomic E-state index is 11.8. The van der Waals surface area contributed by atoms with E-state index in [0.717, 1.165) is 10.0 Å². The predicted molar refractivity (Wildman–Crippen MR) is 99.9 cm³/mol. The van der Waals surface area contributed by atoms with Crippen LogP contribution < -0.4 is 19.6 Å². The average molecular weight is 428 g/mol. The van der Waals surface area contributed by atoms with E-state index in [1.54, 1.807) is 50.6 Å². The van der Waals surface area contributed by atoms with Crippen LogP contribution in [0.2, 0.25) is 5.02 Å². The van der Waals surface area contributed by atoms with Crippen LogP contribution in [-0.4, -0.2) is 32.9 Å². The van der Waals surface area contributed by atoms with E-state index in [2.05, 4.69) is 26.5 Å². The van der Waals surface area contributed by atoms with Crippen LogP contribution in [0, 0.1) is 0 Å². The molecule has 0 aromatic heterocycles. The Hall–Kier alpha value is -2.25.